The fraction of sp³-hybridized carbons (Fsp3) is 0.350. The van der Waals surface area contributed by atoms with Crippen molar-refractivity contribution in [3.63, 3.8) is 0 Å². The van der Waals surface area contributed by atoms with Crippen molar-refractivity contribution in [1.82, 2.24) is 4.90 Å². The van der Waals surface area contributed by atoms with Crippen LogP contribution in [0.1, 0.15) is 28.7 Å². The van der Waals surface area contributed by atoms with E-state index in [1.165, 1.54) is 28.7 Å². The van der Waals surface area contributed by atoms with E-state index in [4.69, 9.17) is 4.84 Å². The number of likely N-dealkylation sites (N-methyl/N-ethyl adjacent to an activating group) is 1. The molecule has 0 spiro atoms. The Morgan fingerprint density at radius 3 is 2.04 bits per heavy atom. The third kappa shape index (κ3) is 3.80. The second-order valence-corrected chi connectivity index (χ2v) is 6.24. The predicted octanol–water partition coefficient (Wildman–Crippen LogP) is 3.51. The van der Waals surface area contributed by atoms with Crippen LogP contribution in [0.4, 0.5) is 0 Å². The van der Waals surface area contributed by atoms with Gasteiger partial charge in [-0.05, 0) is 44.5 Å². The van der Waals surface area contributed by atoms with Crippen LogP contribution in [0.15, 0.2) is 53.7 Å². The fourth-order valence-electron chi connectivity index (χ4n) is 2.98. The molecule has 0 heterocycles. The summed E-state index contributed by atoms with van der Waals surface area (Å²) >= 11 is 0. The maximum Gasteiger partial charge on any atom is 0.129 e. The molecule has 0 aromatic heterocycles. The summed E-state index contributed by atoms with van der Waals surface area (Å²) in [6, 6.07) is 17.1. The van der Waals surface area contributed by atoms with Crippen LogP contribution in [0.25, 0.3) is 0 Å². The molecule has 2 aromatic carbocycles. The van der Waals surface area contributed by atoms with Crippen LogP contribution in [0.5, 0.6) is 0 Å². The molecule has 0 radical (unpaired) electrons. The van der Waals surface area contributed by atoms with E-state index < -0.39 is 0 Å². The van der Waals surface area contributed by atoms with Crippen molar-refractivity contribution in [2.45, 2.75) is 19.3 Å². The van der Waals surface area contributed by atoms with E-state index in [1.54, 1.807) is 0 Å². The quantitative estimate of drug-likeness (QED) is 0.638. The summed E-state index contributed by atoms with van der Waals surface area (Å²) in [6.07, 6.45) is 3.34. The van der Waals surface area contributed by atoms with Crippen molar-refractivity contribution in [3.05, 3.63) is 70.8 Å². The number of rotatable bonds is 4. The topological polar surface area (TPSA) is 24.8 Å². The minimum absolute atomic E-state index is 0.598. The zero-order valence-electron chi connectivity index (χ0n) is 14.0. The van der Waals surface area contributed by atoms with Gasteiger partial charge in [0.2, 0.25) is 0 Å². The standard InChI is InChI=1S/C20H24N2O/c1-22(2)14-15-23-21-20-18-12-5-3-8-16(18)10-7-11-17-9-4-6-13-19(17)20/h3-6,8-9,12-13H,7,10-11,14-15H2,1-2H3. The fourth-order valence-corrected chi connectivity index (χ4v) is 2.98. The molecular weight excluding hydrogens is 284 g/mol. The molecule has 2 aromatic rings. The summed E-state index contributed by atoms with van der Waals surface area (Å²) in [7, 11) is 4.08. The van der Waals surface area contributed by atoms with E-state index in [0.717, 1.165) is 25.1 Å². The van der Waals surface area contributed by atoms with Crippen LogP contribution in [0.3, 0.4) is 0 Å². The number of hydrogen-bond donors (Lipinski definition) is 0. The summed E-state index contributed by atoms with van der Waals surface area (Å²) in [4.78, 5) is 7.74. The first-order valence-corrected chi connectivity index (χ1v) is 8.27. The van der Waals surface area contributed by atoms with Crippen LogP contribution >= 0.6 is 0 Å². The highest BCUT2D eigenvalue weighted by Crippen LogP contribution is 2.24. The second-order valence-electron chi connectivity index (χ2n) is 6.24. The lowest BCUT2D eigenvalue weighted by atomic mass is 9.87. The maximum absolute atomic E-state index is 5.64. The van der Waals surface area contributed by atoms with Gasteiger partial charge in [0.15, 0.2) is 0 Å². The summed E-state index contributed by atoms with van der Waals surface area (Å²) in [5, 5.41) is 4.53. The van der Waals surface area contributed by atoms with E-state index in [9.17, 15) is 0 Å². The molecule has 0 atom stereocenters. The van der Waals surface area contributed by atoms with E-state index in [-0.39, 0.29) is 0 Å². The Balaban J connectivity index is 1.99. The van der Waals surface area contributed by atoms with Gasteiger partial charge in [0.1, 0.15) is 12.3 Å². The molecule has 0 saturated carbocycles. The number of nitrogens with zero attached hydrogens (tertiary/aromatic N) is 2. The molecular formula is C20H24N2O. The Labute approximate surface area is 138 Å². The van der Waals surface area contributed by atoms with Crippen LogP contribution in [-0.4, -0.2) is 37.9 Å². The molecule has 0 fully saturated rings. The Morgan fingerprint density at radius 2 is 1.48 bits per heavy atom. The number of aryl methyl sites for hydroxylation is 2. The van der Waals surface area contributed by atoms with Gasteiger partial charge in [-0.25, -0.2) is 0 Å². The molecule has 0 unspecified atom stereocenters. The van der Waals surface area contributed by atoms with E-state index in [2.05, 4.69) is 58.6 Å². The van der Waals surface area contributed by atoms with Gasteiger partial charge in [-0.3, -0.25) is 0 Å². The molecule has 1 aliphatic rings. The van der Waals surface area contributed by atoms with Crippen molar-refractivity contribution in [3.8, 4) is 0 Å². The molecule has 1 aliphatic carbocycles. The molecule has 0 amide bonds. The van der Waals surface area contributed by atoms with Gasteiger partial charge < -0.3 is 9.74 Å². The SMILES string of the molecule is CN(C)CCON=C1c2ccccc2CCCc2ccccc21. The van der Waals surface area contributed by atoms with Crippen molar-refractivity contribution in [2.75, 3.05) is 27.2 Å². The minimum atomic E-state index is 0.598. The lowest BCUT2D eigenvalue weighted by molar-refractivity contribution is 0.126. The monoisotopic (exact) mass is 308 g/mol. The summed E-state index contributed by atoms with van der Waals surface area (Å²) < 4.78 is 0. The molecule has 0 saturated heterocycles. The van der Waals surface area contributed by atoms with Crippen molar-refractivity contribution in [1.29, 1.82) is 0 Å². The average molecular weight is 308 g/mol. The molecule has 0 aliphatic heterocycles. The van der Waals surface area contributed by atoms with Gasteiger partial charge >= 0.3 is 0 Å². The van der Waals surface area contributed by atoms with Crippen LogP contribution in [0, 0.1) is 0 Å². The Kier molecular flexibility index (Phi) is 5.09. The predicted molar refractivity (Wildman–Crippen MR) is 95.1 cm³/mol. The zero-order chi connectivity index (χ0) is 16.1. The van der Waals surface area contributed by atoms with E-state index in [0.29, 0.717) is 6.61 Å². The molecule has 120 valence electrons. The van der Waals surface area contributed by atoms with Crippen LogP contribution in [0.2, 0.25) is 0 Å². The number of benzene rings is 2. The summed E-state index contributed by atoms with van der Waals surface area (Å²) in [6.45, 7) is 1.46. The first kappa shape index (κ1) is 15.8. The van der Waals surface area contributed by atoms with Gasteiger partial charge in [-0.1, -0.05) is 53.7 Å². The smallest absolute Gasteiger partial charge is 0.129 e. The Hall–Kier alpha value is -2.13. The molecule has 3 heteroatoms. The lowest BCUT2D eigenvalue weighted by Crippen LogP contribution is -2.18. The van der Waals surface area contributed by atoms with E-state index >= 15 is 0 Å². The highest BCUT2D eigenvalue weighted by atomic mass is 16.6. The van der Waals surface area contributed by atoms with Crippen molar-refractivity contribution >= 4 is 5.71 Å². The number of oxime groups is 1. The molecule has 3 nitrogen and oxygen atoms in total. The number of hydrogen-bond acceptors (Lipinski definition) is 3. The van der Waals surface area contributed by atoms with Crippen LogP contribution in [-0.2, 0) is 17.7 Å². The summed E-state index contributed by atoms with van der Waals surface area (Å²) in [5.41, 5.74) is 6.08. The van der Waals surface area contributed by atoms with Gasteiger partial charge in [0.05, 0.1) is 0 Å². The van der Waals surface area contributed by atoms with E-state index in [1.807, 2.05) is 14.1 Å². The van der Waals surface area contributed by atoms with Gasteiger partial charge in [0.25, 0.3) is 0 Å². The largest absolute Gasteiger partial charge is 0.394 e. The summed E-state index contributed by atoms with van der Waals surface area (Å²) in [5.74, 6) is 0. The second kappa shape index (κ2) is 7.42. The molecule has 23 heavy (non-hydrogen) atoms. The van der Waals surface area contributed by atoms with Crippen molar-refractivity contribution < 1.29 is 4.84 Å². The molecule has 3 rings (SSSR count). The zero-order valence-corrected chi connectivity index (χ0v) is 14.0. The first-order valence-electron chi connectivity index (χ1n) is 8.27. The third-order valence-corrected chi connectivity index (χ3v) is 4.22. The maximum atomic E-state index is 5.64. The Morgan fingerprint density at radius 1 is 0.913 bits per heavy atom. The Bertz CT molecular complexity index is 642. The molecule has 0 N–H and O–H groups in total. The number of fused-ring (bicyclic) bond motifs is 2. The van der Waals surface area contributed by atoms with Gasteiger partial charge in [0, 0.05) is 17.7 Å². The first-order chi connectivity index (χ1) is 11.3. The van der Waals surface area contributed by atoms with Gasteiger partial charge in [-0.15, -0.1) is 0 Å². The minimum Gasteiger partial charge on any atom is -0.394 e. The van der Waals surface area contributed by atoms with Crippen molar-refractivity contribution in [2.24, 2.45) is 5.16 Å². The average Bonchev–Trinajstić information content (AvgIpc) is 2.54. The van der Waals surface area contributed by atoms with Gasteiger partial charge in [-0.2, -0.15) is 0 Å². The lowest BCUT2D eigenvalue weighted by Gasteiger charge is -2.19. The third-order valence-electron chi connectivity index (χ3n) is 4.22. The normalized spacial score (nSPS) is 13.8. The highest BCUT2D eigenvalue weighted by Gasteiger charge is 2.18. The van der Waals surface area contributed by atoms with Crippen LogP contribution < -0.4 is 0 Å². The molecule has 0 bridgehead atoms. The highest BCUT2D eigenvalue weighted by molar-refractivity contribution is 6.14.